The summed E-state index contributed by atoms with van der Waals surface area (Å²) >= 11 is 0. The van der Waals surface area contributed by atoms with Crippen molar-refractivity contribution < 1.29 is 0 Å². The molecule has 3 aromatic heterocycles. The number of hydrogen-bond donors (Lipinski definition) is 0. The molecule has 0 atom stereocenters. The van der Waals surface area contributed by atoms with Crippen LogP contribution in [0.3, 0.4) is 0 Å². The van der Waals surface area contributed by atoms with Crippen LogP contribution in [-0.4, -0.2) is 24.1 Å². The van der Waals surface area contributed by atoms with Gasteiger partial charge in [-0.3, -0.25) is 0 Å². The third-order valence-electron chi connectivity index (χ3n) is 13.6. The third kappa shape index (κ3) is 7.74. The van der Waals surface area contributed by atoms with Crippen molar-refractivity contribution in [1.82, 2.24) is 24.1 Å². The maximum Gasteiger partial charge on any atom is 0.213 e. The van der Waals surface area contributed by atoms with Gasteiger partial charge >= 0.3 is 0 Å². The second-order valence-corrected chi connectivity index (χ2v) is 22.6. The molecular formula is C62H60N6. The zero-order valence-corrected chi connectivity index (χ0v) is 41.5. The fourth-order valence-electron chi connectivity index (χ4n) is 9.58. The molecule has 0 N–H and O–H groups in total. The highest BCUT2D eigenvalue weighted by Gasteiger charge is 2.28. The van der Waals surface area contributed by atoms with E-state index < -0.39 is 0 Å². The van der Waals surface area contributed by atoms with Gasteiger partial charge in [-0.15, -0.1) is 0 Å². The van der Waals surface area contributed by atoms with Crippen molar-refractivity contribution in [3.63, 3.8) is 0 Å². The summed E-state index contributed by atoms with van der Waals surface area (Å²) in [6, 6.07) is 51.9. The first-order valence-electron chi connectivity index (χ1n) is 23.8. The summed E-state index contributed by atoms with van der Waals surface area (Å²) in [6.45, 7) is 36.3. The Morgan fingerprint density at radius 2 is 0.721 bits per heavy atom. The first-order chi connectivity index (χ1) is 32.2. The van der Waals surface area contributed by atoms with Gasteiger partial charge in [-0.1, -0.05) is 168 Å². The lowest BCUT2D eigenvalue weighted by Gasteiger charge is -2.21. The first-order valence-corrected chi connectivity index (χ1v) is 23.8. The van der Waals surface area contributed by atoms with Crippen molar-refractivity contribution in [3.8, 4) is 45.5 Å². The molecule has 0 aliphatic heterocycles. The van der Waals surface area contributed by atoms with Crippen LogP contribution in [0, 0.1) is 6.57 Å². The smallest absolute Gasteiger partial charge is 0.213 e. The number of aromatic nitrogens is 5. The van der Waals surface area contributed by atoms with Gasteiger partial charge in [0.25, 0.3) is 0 Å². The minimum atomic E-state index is -0.0745. The number of fused-ring (bicyclic) bond motifs is 6. The molecule has 0 spiro atoms. The van der Waals surface area contributed by atoms with Crippen molar-refractivity contribution in [3.05, 3.63) is 179 Å². The molecule has 10 aromatic rings. The summed E-state index contributed by atoms with van der Waals surface area (Å²) in [6.07, 6.45) is 0. The molecule has 68 heavy (non-hydrogen) atoms. The highest BCUT2D eigenvalue weighted by Crippen LogP contribution is 2.46. The Morgan fingerprint density at radius 1 is 0.382 bits per heavy atom. The van der Waals surface area contributed by atoms with Crippen LogP contribution in [0.5, 0.6) is 0 Å². The fraction of sp³-hybridized carbons (Fsp3) is 0.258. The van der Waals surface area contributed by atoms with E-state index in [-0.39, 0.29) is 21.7 Å². The Bertz CT molecular complexity index is 3450. The van der Waals surface area contributed by atoms with Crippen LogP contribution in [0.4, 0.5) is 5.69 Å². The van der Waals surface area contributed by atoms with Crippen LogP contribution in [-0.2, 0) is 21.7 Å². The largest absolute Gasteiger partial charge is 0.318 e. The quantitative estimate of drug-likeness (QED) is 0.162. The summed E-state index contributed by atoms with van der Waals surface area (Å²) in [5, 5.41) is 4.64. The third-order valence-corrected chi connectivity index (χ3v) is 13.6. The lowest BCUT2D eigenvalue weighted by molar-refractivity contribution is 0.590. The molecule has 7 aromatic carbocycles. The van der Waals surface area contributed by atoms with Gasteiger partial charge in [0.15, 0.2) is 17.5 Å². The van der Waals surface area contributed by atoms with E-state index in [0.29, 0.717) is 23.2 Å². The van der Waals surface area contributed by atoms with Crippen molar-refractivity contribution in [2.24, 2.45) is 0 Å². The predicted octanol–water partition coefficient (Wildman–Crippen LogP) is 16.8. The normalized spacial score (nSPS) is 12.7. The van der Waals surface area contributed by atoms with Crippen molar-refractivity contribution in [2.45, 2.75) is 105 Å². The molecule has 0 amide bonds. The topological polar surface area (TPSA) is 52.9 Å². The minimum absolute atomic E-state index is 0.0501. The molecule has 6 nitrogen and oxygen atoms in total. The molecule has 10 rings (SSSR count). The molecule has 0 saturated heterocycles. The minimum Gasteiger partial charge on any atom is -0.318 e. The number of rotatable bonds is 5. The van der Waals surface area contributed by atoms with E-state index in [4.69, 9.17) is 21.5 Å². The van der Waals surface area contributed by atoms with E-state index in [1.165, 1.54) is 33.0 Å². The van der Waals surface area contributed by atoms with Gasteiger partial charge in [0.2, 0.25) is 5.69 Å². The van der Waals surface area contributed by atoms with Gasteiger partial charge in [-0.05, 0) is 105 Å². The molecular weight excluding hydrogens is 829 g/mol. The monoisotopic (exact) mass is 888 g/mol. The van der Waals surface area contributed by atoms with Gasteiger partial charge in [0.05, 0.1) is 34.3 Å². The first kappa shape index (κ1) is 44.5. The van der Waals surface area contributed by atoms with Crippen molar-refractivity contribution in [2.75, 3.05) is 0 Å². The highest BCUT2D eigenvalue weighted by atomic mass is 15.1. The molecule has 0 fully saturated rings. The van der Waals surface area contributed by atoms with Crippen LogP contribution in [0.2, 0.25) is 0 Å². The van der Waals surface area contributed by atoms with Crippen LogP contribution >= 0.6 is 0 Å². The lowest BCUT2D eigenvalue weighted by Crippen LogP contribution is -2.10. The Hall–Kier alpha value is -7.36. The lowest BCUT2D eigenvalue weighted by atomic mass is 9.85. The highest BCUT2D eigenvalue weighted by molar-refractivity contribution is 6.12. The molecule has 0 saturated carbocycles. The zero-order valence-electron chi connectivity index (χ0n) is 41.5. The van der Waals surface area contributed by atoms with Gasteiger partial charge in [0, 0.05) is 43.9 Å². The second kappa shape index (κ2) is 15.9. The van der Waals surface area contributed by atoms with E-state index in [9.17, 15) is 0 Å². The Labute approximate surface area is 401 Å². The van der Waals surface area contributed by atoms with E-state index in [0.717, 1.165) is 60.9 Å². The summed E-state index contributed by atoms with van der Waals surface area (Å²) in [5.74, 6) is 1.60. The predicted molar refractivity (Wildman–Crippen MR) is 286 cm³/mol. The summed E-state index contributed by atoms with van der Waals surface area (Å²) in [5.41, 5.74) is 13.5. The standard InChI is InChI=1S/C62H60N6/c1-59(2,3)40-24-28-51-45(32-40)46-33-41(60(4,5)6)25-29-52(46)67(51)44-36-49(58-65-56(38-20-16-14-17-21-38)64-57(66-58)39-22-18-15-19-23-39)55(50(37-44)63-13)68-53-30-26-42(61(7,8)9)34-47(53)48-35-43(62(10,11)12)27-31-54(48)68/h14-37H,1-12H3. The maximum absolute atomic E-state index is 9.14. The number of nitrogens with zero attached hydrogens (tertiary/aromatic N) is 6. The second-order valence-electron chi connectivity index (χ2n) is 22.6. The van der Waals surface area contributed by atoms with Gasteiger partial charge in [-0.2, -0.15) is 0 Å². The number of hydrogen-bond acceptors (Lipinski definition) is 3. The van der Waals surface area contributed by atoms with Gasteiger partial charge in [-0.25, -0.2) is 19.8 Å². The summed E-state index contributed by atoms with van der Waals surface area (Å²) < 4.78 is 4.63. The van der Waals surface area contributed by atoms with Crippen LogP contribution in [0.1, 0.15) is 105 Å². The van der Waals surface area contributed by atoms with E-state index in [1.54, 1.807) is 0 Å². The van der Waals surface area contributed by atoms with Crippen molar-refractivity contribution in [1.29, 1.82) is 0 Å². The van der Waals surface area contributed by atoms with Gasteiger partial charge < -0.3 is 9.13 Å². The molecule has 0 bridgehead atoms. The average molecular weight is 889 g/mol. The van der Waals surface area contributed by atoms with Crippen molar-refractivity contribution >= 4 is 49.3 Å². The molecule has 3 heterocycles. The van der Waals surface area contributed by atoms with E-state index in [2.05, 4.69) is 182 Å². The van der Waals surface area contributed by atoms with Gasteiger partial charge in [0.1, 0.15) is 0 Å². The van der Waals surface area contributed by atoms with E-state index in [1.807, 2.05) is 60.7 Å². The molecule has 338 valence electrons. The fourth-order valence-corrected chi connectivity index (χ4v) is 9.58. The Morgan fingerprint density at radius 3 is 1.06 bits per heavy atom. The Balaban J connectivity index is 1.37. The summed E-state index contributed by atoms with van der Waals surface area (Å²) in [4.78, 5) is 20.3. The SMILES string of the molecule is [C-]#[N+]c1cc(-n2c3ccc(C(C)(C)C)cc3c3cc(C(C)(C)C)ccc32)cc(-c2nc(-c3ccccc3)nc(-c3ccccc3)n2)c1-n1c2ccc(C(C)(C)C)cc2c2cc(C(C)(C)C)ccc21. The van der Waals surface area contributed by atoms with Crippen LogP contribution < -0.4 is 0 Å². The average Bonchev–Trinajstić information content (AvgIpc) is 3.81. The Kier molecular flexibility index (Phi) is 10.4. The molecule has 0 unspecified atom stereocenters. The maximum atomic E-state index is 9.14. The number of benzene rings is 7. The molecule has 0 radical (unpaired) electrons. The molecule has 0 aliphatic rings. The van der Waals surface area contributed by atoms with Crippen LogP contribution in [0.15, 0.2) is 146 Å². The summed E-state index contributed by atoms with van der Waals surface area (Å²) in [7, 11) is 0. The zero-order chi connectivity index (χ0) is 48.1. The van der Waals surface area contributed by atoms with E-state index >= 15 is 0 Å². The molecule has 0 aliphatic carbocycles. The van der Waals surface area contributed by atoms with Crippen LogP contribution in [0.25, 0.3) is 94.0 Å². The molecule has 6 heteroatoms.